The average Bonchev–Trinajstić information content (AvgIpc) is 2.61. The van der Waals surface area contributed by atoms with Crippen LogP contribution in [0.1, 0.15) is 55.5 Å². The van der Waals surface area contributed by atoms with Gasteiger partial charge in [-0.2, -0.15) is 0 Å². The Bertz CT molecular complexity index is 558. The minimum Gasteiger partial charge on any atom is -0.343 e. The number of nitrogens with one attached hydrogen (secondary N) is 1. The number of hydrogen-bond acceptors (Lipinski definition) is 3. The minimum absolute atomic E-state index is 0.0531. The number of benzene rings is 1. The topological polar surface area (TPSA) is 49.4 Å². The molecule has 1 fully saturated rings. The molecule has 1 aliphatic heterocycles. The molecule has 4 heteroatoms. The van der Waals surface area contributed by atoms with E-state index in [9.17, 15) is 9.59 Å². The lowest BCUT2D eigenvalue weighted by Crippen LogP contribution is -2.40. The van der Waals surface area contributed by atoms with Gasteiger partial charge >= 0.3 is 0 Å². The number of rotatable bonds is 8. The molecule has 1 N–H and O–H groups in total. The summed E-state index contributed by atoms with van der Waals surface area (Å²) < 4.78 is 0. The van der Waals surface area contributed by atoms with Gasteiger partial charge < -0.3 is 10.2 Å². The van der Waals surface area contributed by atoms with Gasteiger partial charge in [0.1, 0.15) is 0 Å². The predicted molar refractivity (Wildman–Crippen MR) is 102 cm³/mol. The Hall–Kier alpha value is -1.68. The summed E-state index contributed by atoms with van der Waals surface area (Å²) in [5.41, 5.74) is 2.10. The number of carbonyl (C=O) groups is 2. The van der Waals surface area contributed by atoms with Crippen LogP contribution in [0.3, 0.4) is 0 Å². The monoisotopic (exact) mass is 344 g/mol. The first kappa shape index (κ1) is 19.6. The quantitative estimate of drug-likeness (QED) is 0.581. The molecule has 1 aromatic carbocycles. The predicted octanol–water partition coefficient (Wildman–Crippen LogP) is 3.31. The maximum atomic E-state index is 12.7. The number of piperidine rings is 1. The number of likely N-dealkylation sites (tertiary alicyclic amines) is 1. The van der Waals surface area contributed by atoms with Gasteiger partial charge in [-0.1, -0.05) is 38.1 Å². The lowest BCUT2D eigenvalue weighted by Gasteiger charge is -2.31. The summed E-state index contributed by atoms with van der Waals surface area (Å²) in [4.78, 5) is 26.8. The molecule has 1 aromatic rings. The molecule has 1 aliphatic rings. The zero-order valence-corrected chi connectivity index (χ0v) is 15.9. The summed E-state index contributed by atoms with van der Waals surface area (Å²) in [5, 5.41) is 3.06. The summed E-state index contributed by atoms with van der Waals surface area (Å²) in [6.07, 6.45) is 4.07. The van der Waals surface area contributed by atoms with E-state index in [-0.39, 0.29) is 17.6 Å². The van der Waals surface area contributed by atoms with E-state index in [1.54, 1.807) is 0 Å². The Morgan fingerprint density at radius 1 is 1.16 bits per heavy atom. The summed E-state index contributed by atoms with van der Waals surface area (Å²) in [7, 11) is 1.90. The second-order valence-electron chi connectivity index (χ2n) is 7.52. The lowest BCUT2D eigenvalue weighted by atomic mass is 9.88. The Kier molecular flexibility index (Phi) is 7.63. The van der Waals surface area contributed by atoms with E-state index in [0.29, 0.717) is 25.4 Å². The minimum atomic E-state index is 0.0531. The number of amides is 1. The Balaban J connectivity index is 1.83. The highest BCUT2D eigenvalue weighted by Gasteiger charge is 2.27. The van der Waals surface area contributed by atoms with Gasteiger partial charge in [0.05, 0.1) is 0 Å². The van der Waals surface area contributed by atoms with E-state index in [1.165, 1.54) is 5.56 Å². The van der Waals surface area contributed by atoms with E-state index in [4.69, 9.17) is 0 Å². The molecule has 0 atom stereocenters. The first-order valence-corrected chi connectivity index (χ1v) is 9.56. The molecule has 4 nitrogen and oxygen atoms in total. The van der Waals surface area contributed by atoms with Crippen molar-refractivity contribution in [3.05, 3.63) is 35.4 Å². The maximum Gasteiger partial charge on any atom is 0.222 e. The van der Waals surface area contributed by atoms with Gasteiger partial charge in [-0.05, 0) is 50.8 Å². The van der Waals surface area contributed by atoms with Crippen molar-refractivity contribution in [2.75, 3.05) is 26.7 Å². The third-order valence-corrected chi connectivity index (χ3v) is 4.92. The molecule has 0 spiro atoms. The number of carbonyl (C=O) groups excluding carboxylic acids is 2. The summed E-state index contributed by atoms with van der Waals surface area (Å²) >= 11 is 0. The molecule has 0 unspecified atom stereocenters. The van der Waals surface area contributed by atoms with Crippen LogP contribution in [0, 0.1) is 11.8 Å². The zero-order valence-electron chi connectivity index (χ0n) is 15.9. The molecule has 0 aromatic heterocycles. The van der Waals surface area contributed by atoms with Gasteiger partial charge in [-0.25, -0.2) is 0 Å². The van der Waals surface area contributed by atoms with E-state index < -0.39 is 0 Å². The van der Waals surface area contributed by atoms with Crippen molar-refractivity contribution in [3.8, 4) is 0 Å². The third-order valence-electron chi connectivity index (χ3n) is 4.92. The Labute approximate surface area is 152 Å². The fourth-order valence-corrected chi connectivity index (χ4v) is 3.48. The molecule has 0 radical (unpaired) electrons. The van der Waals surface area contributed by atoms with Gasteiger partial charge in [0, 0.05) is 31.0 Å². The summed E-state index contributed by atoms with van der Waals surface area (Å²) in [6, 6.07) is 8.09. The van der Waals surface area contributed by atoms with Gasteiger partial charge in [-0.3, -0.25) is 9.59 Å². The first-order valence-electron chi connectivity index (χ1n) is 9.56. The van der Waals surface area contributed by atoms with Gasteiger partial charge in [0.25, 0.3) is 0 Å². The highest BCUT2D eigenvalue weighted by molar-refractivity contribution is 5.98. The number of hydrogen-bond donors (Lipinski definition) is 1. The molecule has 138 valence electrons. The summed E-state index contributed by atoms with van der Waals surface area (Å²) in [5.74, 6) is 1.13. The highest BCUT2D eigenvalue weighted by Crippen LogP contribution is 2.23. The van der Waals surface area contributed by atoms with Crippen molar-refractivity contribution in [2.24, 2.45) is 11.8 Å². The third kappa shape index (κ3) is 5.96. The molecule has 25 heavy (non-hydrogen) atoms. The smallest absolute Gasteiger partial charge is 0.222 e. The van der Waals surface area contributed by atoms with E-state index in [1.807, 2.05) is 24.1 Å². The molecule has 0 saturated carbocycles. The zero-order chi connectivity index (χ0) is 18.2. The highest BCUT2D eigenvalue weighted by atomic mass is 16.2. The van der Waals surface area contributed by atoms with Gasteiger partial charge in [0.2, 0.25) is 5.91 Å². The lowest BCUT2D eigenvalue weighted by molar-refractivity contribution is -0.132. The second-order valence-corrected chi connectivity index (χ2v) is 7.52. The largest absolute Gasteiger partial charge is 0.343 e. The standard InChI is InChI=1S/C21H32N2O2/c1-16(2)15-17-6-8-18(9-7-17)21(25)19-10-13-23(14-11-19)20(24)5-4-12-22-3/h6-9,16,19,22H,4-5,10-15H2,1-3H3. The summed E-state index contributed by atoms with van der Waals surface area (Å²) in [6.45, 7) is 6.69. The molecule has 0 aliphatic carbocycles. The molecule has 1 amide bonds. The van der Waals surface area contributed by atoms with E-state index in [2.05, 4.69) is 31.3 Å². The normalized spacial score (nSPS) is 15.6. The fraction of sp³-hybridized carbons (Fsp3) is 0.619. The molecule has 0 bridgehead atoms. The van der Waals surface area contributed by atoms with Gasteiger partial charge in [-0.15, -0.1) is 0 Å². The van der Waals surface area contributed by atoms with E-state index >= 15 is 0 Å². The molecule has 1 saturated heterocycles. The van der Waals surface area contributed by atoms with Crippen LogP contribution in [0.25, 0.3) is 0 Å². The molecular formula is C21H32N2O2. The van der Waals surface area contributed by atoms with Crippen molar-refractivity contribution in [3.63, 3.8) is 0 Å². The number of nitrogens with zero attached hydrogens (tertiary/aromatic N) is 1. The van der Waals surface area contributed by atoms with Crippen LogP contribution >= 0.6 is 0 Å². The van der Waals surface area contributed by atoms with Crippen LogP contribution in [-0.2, 0) is 11.2 Å². The van der Waals surface area contributed by atoms with Crippen LogP contribution < -0.4 is 5.32 Å². The first-order chi connectivity index (χ1) is 12.0. The van der Waals surface area contributed by atoms with Gasteiger partial charge in [0.15, 0.2) is 5.78 Å². The Morgan fingerprint density at radius 3 is 2.36 bits per heavy atom. The molecule has 2 rings (SSSR count). The SMILES string of the molecule is CNCCCC(=O)N1CCC(C(=O)c2ccc(CC(C)C)cc2)CC1. The number of Topliss-reactive ketones (excluding diaryl/α,β-unsaturated/α-hetero) is 1. The van der Waals surface area contributed by atoms with Crippen LogP contribution in [0.2, 0.25) is 0 Å². The van der Waals surface area contributed by atoms with Crippen molar-refractivity contribution in [1.82, 2.24) is 10.2 Å². The Morgan fingerprint density at radius 2 is 1.80 bits per heavy atom. The molecule has 1 heterocycles. The fourth-order valence-electron chi connectivity index (χ4n) is 3.48. The van der Waals surface area contributed by atoms with Crippen LogP contribution in [-0.4, -0.2) is 43.3 Å². The average molecular weight is 344 g/mol. The van der Waals surface area contributed by atoms with Crippen molar-refractivity contribution >= 4 is 11.7 Å². The van der Waals surface area contributed by atoms with Crippen molar-refractivity contribution in [1.29, 1.82) is 0 Å². The van der Waals surface area contributed by atoms with Crippen LogP contribution in [0.15, 0.2) is 24.3 Å². The van der Waals surface area contributed by atoms with E-state index in [0.717, 1.165) is 37.8 Å². The van der Waals surface area contributed by atoms with Crippen molar-refractivity contribution in [2.45, 2.75) is 46.0 Å². The maximum absolute atomic E-state index is 12.7. The van der Waals surface area contributed by atoms with Crippen LogP contribution in [0.4, 0.5) is 0 Å². The number of ketones is 1. The van der Waals surface area contributed by atoms with Crippen LogP contribution in [0.5, 0.6) is 0 Å². The van der Waals surface area contributed by atoms with Crippen molar-refractivity contribution < 1.29 is 9.59 Å². The molecular weight excluding hydrogens is 312 g/mol. The second kappa shape index (κ2) is 9.71.